The molecule has 0 saturated heterocycles. The Morgan fingerprint density at radius 2 is 1.83 bits per heavy atom. The van der Waals surface area contributed by atoms with Crippen LogP contribution in [0.2, 0.25) is 0 Å². The Balaban J connectivity index is 3.10. The van der Waals surface area contributed by atoms with Crippen molar-refractivity contribution in [2.24, 2.45) is 0 Å². The molecule has 1 aromatic rings. The molecule has 0 heterocycles. The molecule has 0 spiro atoms. The number of hydrogen-bond acceptors (Lipinski definition) is 6. The van der Waals surface area contributed by atoms with Gasteiger partial charge < -0.3 is 14.6 Å². The van der Waals surface area contributed by atoms with E-state index in [0.29, 0.717) is 17.6 Å². The van der Waals surface area contributed by atoms with Crippen molar-refractivity contribution in [3.8, 4) is 0 Å². The maximum atomic E-state index is 11.3. The Morgan fingerprint density at radius 3 is 2.22 bits per heavy atom. The molecule has 1 amide bonds. The number of carbonyl (C=O) groups is 2. The minimum Gasteiger partial charge on any atom is -0.497 e. The molecular weight excluding hydrogens is 274 g/mol. The second-order valence-electron chi connectivity index (χ2n) is 3.43. The highest BCUT2D eigenvalue weighted by Crippen LogP contribution is 2.32. The third-order valence-corrected chi connectivity index (χ3v) is 4.12. The van der Waals surface area contributed by atoms with E-state index in [2.05, 4.69) is 4.74 Å². The molecule has 0 aliphatic carbocycles. The largest absolute Gasteiger partial charge is 0.497 e. The number of rotatable bonds is 2. The number of hydrogen-bond donors (Lipinski definition) is 0. The molecule has 0 radical (unpaired) electrons. The molecule has 0 aliphatic heterocycles. The van der Waals surface area contributed by atoms with E-state index >= 15 is 0 Å². The highest BCUT2D eigenvalue weighted by atomic mass is 32.2. The molecule has 5 nitrogen and oxygen atoms in total. The lowest BCUT2D eigenvalue weighted by atomic mass is 10.3. The van der Waals surface area contributed by atoms with Crippen LogP contribution in [0, 0.1) is 0 Å². The van der Waals surface area contributed by atoms with Gasteiger partial charge in [0.15, 0.2) is 5.69 Å². The first-order valence-electron chi connectivity index (χ1n) is 4.94. The van der Waals surface area contributed by atoms with Crippen LogP contribution >= 0.6 is 23.7 Å². The number of benzene rings is 1. The van der Waals surface area contributed by atoms with Crippen LogP contribution in [0.4, 0.5) is 15.3 Å². The van der Waals surface area contributed by atoms with Gasteiger partial charge in [-0.15, -0.1) is 11.8 Å². The van der Waals surface area contributed by atoms with Gasteiger partial charge >= 0.3 is 5.30 Å². The summed E-state index contributed by atoms with van der Waals surface area (Å²) < 4.78 is 3.75. The molecule has 0 saturated carbocycles. The summed E-state index contributed by atoms with van der Waals surface area (Å²) in [4.78, 5) is 23.5. The maximum Gasteiger partial charge on any atom is 0.425 e. The fraction of sp³-hybridized carbons (Fsp3) is 0.273. The summed E-state index contributed by atoms with van der Waals surface area (Å²) in [5.41, 5.74) is 0.434. The minimum atomic E-state index is -1.39. The van der Waals surface area contributed by atoms with Crippen LogP contribution in [0.25, 0.3) is 0 Å². The first-order chi connectivity index (χ1) is 8.43. The number of nitrogens with zero attached hydrogens (tertiary/aromatic N) is 1. The van der Waals surface area contributed by atoms with Gasteiger partial charge in [-0.2, -0.15) is 3.89 Å². The zero-order valence-corrected chi connectivity index (χ0v) is 11.8. The molecular formula is C11H13NO4S2. The van der Waals surface area contributed by atoms with Crippen LogP contribution < -0.4 is 8.99 Å². The van der Waals surface area contributed by atoms with Gasteiger partial charge in [-0.25, -0.2) is 4.79 Å². The van der Waals surface area contributed by atoms with E-state index in [9.17, 15) is 14.7 Å². The molecule has 7 heteroatoms. The zero-order valence-electron chi connectivity index (χ0n) is 10.2. The van der Waals surface area contributed by atoms with Gasteiger partial charge in [0, 0.05) is 17.0 Å². The smallest absolute Gasteiger partial charge is 0.425 e. The van der Waals surface area contributed by atoms with Crippen molar-refractivity contribution in [3.05, 3.63) is 24.3 Å². The van der Waals surface area contributed by atoms with E-state index in [0.717, 1.165) is 4.90 Å². The average molecular weight is 287 g/mol. The molecule has 18 heavy (non-hydrogen) atoms. The van der Waals surface area contributed by atoms with E-state index in [-0.39, 0.29) is 0 Å². The molecule has 98 valence electrons. The van der Waals surface area contributed by atoms with Crippen LogP contribution in [0.3, 0.4) is 0 Å². The lowest BCUT2D eigenvalue weighted by molar-refractivity contribution is -0.256. The van der Waals surface area contributed by atoms with Crippen LogP contribution in [-0.2, 0) is 4.74 Å². The van der Waals surface area contributed by atoms with Crippen LogP contribution in [0.15, 0.2) is 29.2 Å². The third kappa shape index (κ3) is 3.18. The highest BCUT2D eigenvalue weighted by Gasteiger charge is 2.34. The summed E-state index contributed by atoms with van der Waals surface area (Å²) in [7, 11) is 2.57. The number of methoxy groups -OCH3 is 1. The number of quaternary nitrogens is 1. The monoisotopic (exact) mass is 287 g/mol. The number of thioether (sulfide) groups is 1. The first-order valence-corrected chi connectivity index (χ1v) is 6.94. The molecule has 1 unspecified atom stereocenters. The summed E-state index contributed by atoms with van der Waals surface area (Å²) in [5, 5.41) is 10.6. The van der Waals surface area contributed by atoms with E-state index in [4.69, 9.17) is 0 Å². The molecule has 1 atom stereocenters. The molecule has 0 aromatic heterocycles. The average Bonchev–Trinajstić information content (AvgIpc) is 2.38. The standard InChI is InChI=1S/C11H13NO4S2/c1-12(10(13)14,18-11(15)16-2)8-4-6-9(17-3)7-5-8/h4-7H,1-3H3. The van der Waals surface area contributed by atoms with Gasteiger partial charge in [0.25, 0.3) is 6.09 Å². The van der Waals surface area contributed by atoms with Gasteiger partial charge in [0.1, 0.15) is 0 Å². The Kier molecular flexibility index (Phi) is 5.06. The predicted molar refractivity (Wildman–Crippen MR) is 71.3 cm³/mol. The highest BCUT2D eigenvalue weighted by molar-refractivity contribution is 8.13. The molecule has 1 rings (SSSR count). The van der Waals surface area contributed by atoms with Crippen molar-refractivity contribution in [1.29, 1.82) is 0 Å². The van der Waals surface area contributed by atoms with E-state index < -0.39 is 15.3 Å². The molecule has 0 fully saturated rings. The van der Waals surface area contributed by atoms with Gasteiger partial charge in [-0.05, 0) is 18.4 Å². The van der Waals surface area contributed by atoms with Gasteiger partial charge in [-0.3, -0.25) is 0 Å². The van der Waals surface area contributed by atoms with Gasteiger partial charge in [0.05, 0.1) is 14.2 Å². The molecule has 0 aliphatic rings. The fourth-order valence-corrected chi connectivity index (χ4v) is 2.33. The van der Waals surface area contributed by atoms with Gasteiger partial charge in [0.2, 0.25) is 11.9 Å². The normalized spacial score (nSPS) is 13.7. The molecule has 0 bridgehead atoms. The quantitative estimate of drug-likeness (QED) is 0.359. The van der Waals surface area contributed by atoms with E-state index in [1.807, 2.05) is 6.26 Å². The summed E-state index contributed by atoms with van der Waals surface area (Å²) in [6.07, 6.45) is 0.535. The lowest BCUT2D eigenvalue weighted by Crippen LogP contribution is -2.52. The van der Waals surface area contributed by atoms with Crippen LogP contribution in [0.5, 0.6) is 0 Å². The Morgan fingerprint density at radius 1 is 1.28 bits per heavy atom. The number of ether oxygens (including phenoxy) is 1. The van der Waals surface area contributed by atoms with Crippen molar-refractivity contribution >= 4 is 40.8 Å². The maximum absolute atomic E-state index is 11.3. The number of carbonyl (C=O) groups excluding carboxylic acids is 2. The zero-order chi connectivity index (χ0) is 13.8. The fourth-order valence-electron chi connectivity index (χ4n) is 1.25. The number of amides is 1. The van der Waals surface area contributed by atoms with Crippen molar-refractivity contribution in [2.75, 3.05) is 20.4 Å². The minimum absolute atomic E-state index is 0.434. The predicted octanol–water partition coefficient (Wildman–Crippen LogP) is 2.10. The molecule has 1 aromatic carbocycles. The summed E-state index contributed by atoms with van der Waals surface area (Å²) >= 11 is 2.08. The van der Waals surface area contributed by atoms with Crippen molar-refractivity contribution < 1.29 is 19.4 Å². The summed E-state index contributed by atoms with van der Waals surface area (Å²) in [6.45, 7) is 0. The Labute approximate surface area is 114 Å². The Hall–Kier alpha value is -1.18. The lowest BCUT2D eigenvalue weighted by Gasteiger charge is -2.28. The second kappa shape index (κ2) is 6.12. The number of carboxylic acid groups (broad SMARTS) is 1. The van der Waals surface area contributed by atoms with Crippen LogP contribution in [-0.4, -0.2) is 31.8 Å². The van der Waals surface area contributed by atoms with Crippen molar-refractivity contribution in [3.63, 3.8) is 0 Å². The topological polar surface area (TPSA) is 66.4 Å². The van der Waals surface area contributed by atoms with Crippen molar-refractivity contribution in [2.45, 2.75) is 4.90 Å². The van der Waals surface area contributed by atoms with E-state index in [1.165, 1.54) is 14.2 Å². The summed E-state index contributed by atoms with van der Waals surface area (Å²) in [6, 6.07) is 6.88. The van der Waals surface area contributed by atoms with Crippen LogP contribution in [0.1, 0.15) is 0 Å². The first kappa shape index (κ1) is 14.9. The van der Waals surface area contributed by atoms with Gasteiger partial charge in [-0.1, -0.05) is 0 Å². The Bertz CT molecular complexity index is 449. The van der Waals surface area contributed by atoms with E-state index in [1.54, 1.807) is 36.0 Å². The summed E-state index contributed by atoms with van der Waals surface area (Å²) in [5.74, 6) is 0. The molecule has 0 N–H and O–H groups in total. The SMILES string of the molecule is COC(=O)S[N+](C)(C(=O)[O-])c1ccc(SC)cc1. The van der Waals surface area contributed by atoms with Crippen molar-refractivity contribution in [1.82, 2.24) is 3.89 Å². The third-order valence-electron chi connectivity index (χ3n) is 2.34. The second-order valence-corrected chi connectivity index (χ2v) is 5.56.